The van der Waals surface area contributed by atoms with Gasteiger partial charge in [0, 0.05) is 24.4 Å². The molecule has 0 saturated heterocycles. The van der Waals surface area contributed by atoms with Crippen LogP contribution in [0, 0.1) is 0 Å². The van der Waals surface area contributed by atoms with Crippen molar-refractivity contribution in [3.63, 3.8) is 0 Å². The van der Waals surface area contributed by atoms with Gasteiger partial charge < -0.3 is 4.90 Å². The number of nitrogens with zero attached hydrogens (tertiary/aromatic N) is 5. The molecule has 4 rings (SSSR count). The lowest BCUT2D eigenvalue weighted by Gasteiger charge is -2.17. The summed E-state index contributed by atoms with van der Waals surface area (Å²) in [5.74, 6) is 1.49. The summed E-state index contributed by atoms with van der Waals surface area (Å²) >= 11 is 3.29. The van der Waals surface area contributed by atoms with Crippen molar-refractivity contribution in [2.75, 3.05) is 18.8 Å². The summed E-state index contributed by atoms with van der Waals surface area (Å²) in [5, 5.41) is 10.9. The molecule has 0 fully saturated rings. The molecule has 6 nitrogen and oxygen atoms in total. The molecule has 3 heterocycles. The Kier molecular flexibility index (Phi) is 5.36. The van der Waals surface area contributed by atoms with Gasteiger partial charge >= 0.3 is 0 Å². The first kappa shape index (κ1) is 18.7. The minimum atomic E-state index is 0.141. The van der Waals surface area contributed by atoms with Crippen molar-refractivity contribution in [3.05, 3.63) is 16.3 Å². The van der Waals surface area contributed by atoms with E-state index in [4.69, 9.17) is 4.98 Å². The zero-order chi connectivity index (χ0) is 19.0. The fraction of sp³-hybridized carbons (Fsp3) is 0.579. The number of amides is 1. The molecule has 0 atom stereocenters. The van der Waals surface area contributed by atoms with Crippen molar-refractivity contribution in [2.24, 2.45) is 0 Å². The number of rotatable bonds is 6. The van der Waals surface area contributed by atoms with Crippen molar-refractivity contribution in [3.8, 4) is 0 Å². The third-order valence-corrected chi connectivity index (χ3v) is 7.35. The Balaban J connectivity index is 1.76. The van der Waals surface area contributed by atoms with Gasteiger partial charge in [0.2, 0.25) is 5.91 Å². The van der Waals surface area contributed by atoms with E-state index in [1.165, 1.54) is 40.4 Å². The van der Waals surface area contributed by atoms with Crippen LogP contribution in [0.15, 0.2) is 5.16 Å². The van der Waals surface area contributed by atoms with Crippen molar-refractivity contribution >= 4 is 44.9 Å². The molecule has 0 aliphatic heterocycles. The molecule has 0 spiro atoms. The number of thiophene rings is 1. The third kappa shape index (κ3) is 3.23. The molecular weight excluding hydrogens is 378 g/mol. The maximum atomic E-state index is 12.4. The van der Waals surface area contributed by atoms with E-state index in [2.05, 4.69) is 21.5 Å². The summed E-state index contributed by atoms with van der Waals surface area (Å²) in [6.45, 7) is 7.60. The van der Waals surface area contributed by atoms with Gasteiger partial charge in [-0.3, -0.25) is 9.20 Å². The van der Waals surface area contributed by atoms with Crippen LogP contribution in [0.25, 0.3) is 15.9 Å². The van der Waals surface area contributed by atoms with Crippen molar-refractivity contribution in [1.82, 2.24) is 24.5 Å². The molecule has 3 aromatic rings. The summed E-state index contributed by atoms with van der Waals surface area (Å²) < 4.78 is 2.07. The van der Waals surface area contributed by atoms with Crippen LogP contribution in [0.2, 0.25) is 0 Å². The highest BCUT2D eigenvalue weighted by molar-refractivity contribution is 7.99. The van der Waals surface area contributed by atoms with E-state index in [0.29, 0.717) is 5.75 Å². The van der Waals surface area contributed by atoms with Gasteiger partial charge in [0.15, 0.2) is 10.8 Å². The summed E-state index contributed by atoms with van der Waals surface area (Å²) in [6, 6.07) is 0. The normalized spacial score (nSPS) is 14.0. The molecule has 0 radical (unpaired) electrons. The molecular formula is C19H25N5OS2. The fourth-order valence-corrected chi connectivity index (χ4v) is 5.95. The molecule has 0 aromatic carbocycles. The van der Waals surface area contributed by atoms with Gasteiger partial charge in [-0.05, 0) is 45.1 Å². The molecule has 1 amide bonds. The van der Waals surface area contributed by atoms with Crippen LogP contribution in [0.1, 0.15) is 49.9 Å². The summed E-state index contributed by atoms with van der Waals surface area (Å²) in [6.07, 6.45) is 5.56. The lowest BCUT2D eigenvalue weighted by Crippen LogP contribution is -2.31. The average Bonchev–Trinajstić information content (AvgIpc) is 3.27. The second kappa shape index (κ2) is 7.75. The van der Waals surface area contributed by atoms with Crippen molar-refractivity contribution in [1.29, 1.82) is 0 Å². The van der Waals surface area contributed by atoms with Gasteiger partial charge in [0.05, 0.1) is 11.1 Å². The highest BCUT2D eigenvalue weighted by Gasteiger charge is 2.23. The lowest BCUT2D eigenvalue weighted by atomic mass is 9.97. The quantitative estimate of drug-likeness (QED) is 0.587. The number of aromatic nitrogens is 4. The zero-order valence-electron chi connectivity index (χ0n) is 16.1. The Morgan fingerprint density at radius 1 is 1.19 bits per heavy atom. The van der Waals surface area contributed by atoms with Crippen LogP contribution in [0.3, 0.4) is 0 Å². The summed E-state index contributed by atoms with van der Waals surface area (Å²) in [5.41, 5.74) is 2.33. The van der Waals surface area contributed by atoms with Gasteiger partial charge in [-0.15, -0.1) is 21.5 Å². The molecule has 1 aliphatic carbocycles. The van der Waals surface area contributed by atoms with E-state index in [9.17, 15) is 4.79 Å². The number of hydrogen-bond donors (Lipinski definition) is 0. The highest BCUT2D eigenvalue weighted by atomic mass is 32.2. The molecule has 8 heteroatoms. The van der Waals surface area contributed by atoms with Gasteiger partial charge in [-0.1, -0.05) is 18.7 Å². The van der Waals surface area contributed by atoms with Crippen molar-refractivity contribution in [2.45, 2.75) is 58.0 Å². The van der Waals surface area contributed by atoms with Gasteiger partial charge in [-0.25, -0.2) is 4.98 Å². The zero-order valence-corrected chi connectivity index (χ0v) is 17.8. The number of fused-ring (bicyclic) bond motifs is 5. The van der Waals surface area contributed by atoms with Gasteiger partial charge in [0.25, 0.3) is 0 Å². The summed E-state index contributed by atoms with van der Waals surface area (Å²) in [4.78, 5) is 21.7. The van der Waals surface area contributed by atoms with Crippen LogP contribution >= 0.6 is 23.1 Å². The first-order valence-corrected chi connectivity index (χ1v) is 11.6. The Hall–Kier alpha value is -1.67. The summed E-state index contributed by atoms with van der Waals surface area (Å²) in [7, 11) is 0. The Morgan fingerprint density at radius 3 is 2.70 bits per heavy atom. The van der Waals surface area contributed by atoms with Crippen LogP contribution < -0.4 is 0 Å². The molecule has 144 valence electrons. The highest BCUT2D eigenvalue weighted by Crippen LogP contribution is 2.38. The standard InChI is InChI=1S/C19H25N5OS2/c1-4-14-20-18-16(12-9-7-8-10-13(12)27-18)17-21-22-19(24(14)17)26-11-15(25)23(5-2)6-3/h4-11H2,1-3H3. The van der Waals surface area contributed by atoms with Crippen molar-refractivity contribution < 1.29 is 4.79 Å². The smallest absolute Gasteiger partial charge is 0.233 e. The first-order valence-electron chi connectivity index (χ1n) is 9.76. The minimum absolute atomic E-state index is 0.141. The number of carbonyl (C=O) groups is 1. The monoisotopic (exact) mass is 403 g/mol. The minimum Gasteiger partial charge on any atom is -0.343 e. The first-order chi connectivity index (χ1) is 13.2. The van der Waals surface area contributed by atoms with E-state index in [-0.39, 0.29) is 5.91 Å². The van der Waals surface area contributed by atoms with Crippen LogP contribution in [-0.2, 0) is 24.1 Å². The number of carbonyl (C=O) groups excluding carboxylic acids is 1. The van der Waals surface area contributed by atoms with E-state index >= 15 is 0 Å². The Labute approximate surface area is 167 Å². The van der Waals surface area contributed by atoms with Gasteiger partial charge in [-0.2, -0.15) is 0 Å². The second-order valence-corrected chi connectivity index (χ2v) is 8.80. The Bertz CT molecular complexity index is 989. The molecule has 0 unspecified atom stereocenters. The van der Waals surface area contributed by atoms with E-state index < -0.39 is 0 Å². The second-order valence-electron chi connectivity index (χ2n) is 6.77. The fourth-order valence-electron chi connectivity index (χ4n) is 3.82. The topological polar surface area (TPSA) is 63.4 Å². The largest absolute Gasteiger partial charge is 0.343 e. The number of hydrogen-bond acceptors (Lipinski definition) is 6. The molecule has 27 heavy (non-hydrogen) atoms. The molecule has 0 N–H and O–H groups in total. The molecule has 0 saturated carbocycles. The lowest BCUT2D eigenvalue weighted by molar-refractivity contribution is -0.127. The molecule has 3 aromatic heterocycles. The van der Waals surface area contributed by atoms with Crippen LogP contribution in [-0.4, -0.2) is 49.2 Å². The molecule has 1 aliphatic rings. The average molecular weight is 404 g/mol. The number of thioether (sulfide) groups is 1. The number of aryl methyl sites for hydroxylation is 3. The van der Waals surface area contributed by atoms with E-state index in [1.807, 2.05) is 30.1 Å². The maximum Gasteiger partial charge on any atom is 0.233 e. The molecule has 0 bridgehead atoms. The predicted octanol–water partition coefficient (Wildman–Crippen LogP) is 3.74. The predicted molar refractivity (Wildman–Crippen MR) is 111 cm³/mol. The maximum absolute atomic E-state index is 12.4. The van der Waals surface area contributed by atoms with Gasteiger partial charge in [0.1, 0.15) is 10.7 Å². The van der Waals surface area contributed by atoms with E-state index in [0.717, 1.165) is 53.8 Å². The SMILES string of the molecule is CCc1nc2sc3c(c2c2nnc(SCC(=O)N(CC)CC)n12)CCCC3. The van der Waals surface area contributed by atoms with Crippen LogP contribution in [0.5, 0.6) is 0 Å². The van der Waals surface area contributed by atoms with Crippen LogP contribution in [0.4, 0.5) is 0 Å². The third-order valence-electron chi connectivity index (χ3n) is 5.26. The van der Waals surface area contributed by atoms with E-state index in [1.54, 1.807) is 0 Å². The Morgan fingerprint density at radius 2 is 1.96 bits per heavy atom.